The Kier molecular flexibility index (Phi) is 3.38. The highest BCUT2D eigenvalue weighted by molar-refractivity contribution is 7.13. The molecule has 4 rings (SSSR count). The first-order chi connectivity index (χ1) is 10.3. The summed E-state index contributed by atoms with van der Waals surface area (Å²) in [6.45, 7) is 1.66. The highest BCUT2D eigenvalue weighted by atomic mass is 32.1. The number of urea groups is 1. The highest BCUT2D eigenvalue weighted by Crippen LogP contribution is 2.48. The van der Waals surface area contributed by atoms with Gasteiger partial charge in [-0.15, -0.1) is 11.3 Å². The topological polar surface area (TPSA) is 63.2 Å². The normalized spacial score (nSPS) is 27.1. The molecule has 114 valence electrons. The Labute approximate surface area is 128 Å². The van der Waals surface area contributed by atoms with Crippen molar-refractivity contribution < 1.29 is 9.53 Å². The van der Waals surface area contributed by atoms with Gasteiger partial charge in [-0.3, -0.25) is 5.32 Å². The second kappa shape index (κ2) is 5.25. The summed E-state index contributed by atoms with van der Waals surface area (Å²) in [4.78, 5) is 16.6. The van der Waals surface area contributed by atoms with Crippen LogP contribution in [0.5, 0.6) is 0 Å². The van der Waals surface area contributed by atoms with E-state index in [1.54, 1.807) is 0 Å². The Bertz CT molecular complexity index is 535. The van der Waals surface area contributed by atoms with Gasteiger partial charge in [0.2, 0.25) is 0 Å². The number of aromatic nitrogens is 1. The van der Waals surface area contributed by atoms with Gasteiger partial charge in [-0.2, -0.15) is 0 Å². The second-order valence-electron chi connectivity index (χ2n) is 6.52. The van der Waals surface area contributed by atoms with Crippen LogP contribution in [0, 0.1) is 5.41 Å². The lowest BCUT2D eigenvalue weighted by Crippen LogP contribution is -2.57. The van der Waals surface area contributed by atoms with Gasteiger partial charge in [0.15, 0.2) is 5.13 Å². The first-order valence-electron chi connectivity index (χ1n) is 7.86. The Morgan fingerprint density at radius 1 is 1.29 bits per heavy atom. The zero-order chi connectivity index (χ0) is 14.3. The number of nitrogens with one attached hydrogen (secondary N) is 2. The molecule has 2 heterocycles. The van der Waals surface area contributed by atoms with Gasteiger partial charge >= 0.3 is 6.03 Å². The molecule has 3 fully saturated rings. The van der Waals surface area contributed by atoms with Crippen LogP contribution >= 0.6 is 11.3 Å². The van der Waals surface area contributed by atoms with Crippen molar-refractivity contribution in [3.05, 3.63) is 11.1 Å². The van der Waals surface area contributed by atoms with Crippen LogP contribution < -0.4 is 10.6 Å². The number of hydrogen-bond donors (Lipinski definition) is 2. The van der Waals surface area contributed by atoms with Crippen molar-refractivity contribution >= 4 is 22.5 Å². The molecule has 1 atom stereocenters. The summed E-state index contributed by atoms with van der Waals surface area (Å²) in [5, 5.41) is 8.82. The molecule has 0 radical (unpaired) electrons. The van der Waals surface area contributed by atoms with Crippen molar-refractivity contribution in [3.8, 4) is 0 Å². The summed E-state index contributed by atoms with van der Waals surface area (Å²) in [5.41, 5.74) is 1.43. The van der Waals surface area contributed by atoms with E-state index in [-0.39, 0.29) is 11.4 Å². The van der Waals surface area contributed by atoms with Crippen LogP contribution in [-0.4, -0.2) is 30.3 Å². The van der Waals surface area contributed by atoms with E-state index in [0.717, 1.165) is 43.3 Å². The van der Waals surface area contributed by atoms with E-state index in [9.17, 15) is 4.79 Å². The fourth-order valence-corrected chi connectivity index (χ4v) is 4.29. The highest BCUT2D eigenvalue weighted by Gasteiger charge is 2.48. The quantitative estimate of drug-likeness (QED) is 0.902. The molecule has 5 nitrogen and oxygen atoms in total. The van der Waals surface area contributed by atoms with Gasteiger partial charge in [0.25, 0.3) is 0 Å². The van der Waals surface area contributed by atoms with Gasteiger partial charge in [0.1, 0.15) is 0 Å². The Hall–Kier alpha value is -1.14. The van der Waals surface area contributed by atoms with E-state index >= 15 is 0 Å². The van der Waals surface area contributed by atoms with Gasteiger partial charge in [-0.25, -0.2) is 9.78 Å². The minimum absolute atomic E-state index is 0.109. The summed E-state index contributed by atoms with van der Waals surface area (Å²) >= 11 is 1.52. The average molecular weight is 307 g/mol. The summed E-state index contributed by atoms with van der Waals surface area (Å²) < 4.78 is 5.44. The van der Waals surface area contributed by atoms with Crippen molar-refractivity contribution in [1.82, 2.24) is 10.3 Å². The summed E-state index contributed by atoms with van der Waals surface area (Å²) in [5.74, 6) is 0.636. The Morgan fingerprint density at radius 3 is 2.76 bits per heavy atom. The zero-order valence-electron chi connectivity index (χ0n) is 12.1. The van der Waals surface area contributed by atoms with Gasteiger partial charge < -0.3 is 10.1 Å². The zero-order valence-corrected chi connectivity index (χ0v) is 12.9. The molecular formula is C15H21N3O2S. The van der Waals surface area contributed by atoms with Crippen molar-refractivity contribution in [2.75, 3.05) is 18.5 Å². The lowest BCUT2D eigenvalue weighted by molar-refractivity contribution is -0.0507. The molecule has 21 heavy (non-hydrogen) atoms. The largest absolute Gasteiger partial charge is 0.381 e. The first-order valence-corrected chi connectivity index (χ1v) is 8.74. The van der Waals surface area contributed by atoms with Crippen molar-refractivity contribution in [1.29, 1.82) is 0 Å². The molecule has 2 amide bonds. The van der Waals surface area contributed by atoms with Crippen LogP contribution in [0.25, 0.3) is 0 Å². The predicted octanol–water partition coefficient (Wildman–Crippen LogP) is 3.10. The fourth-order valence-electron chi connectivity index (χ4n) is 3.50. The van der Waals surface area contributed by atoms with E-state index < -0.39 is 0 Å². The van der Waals surface area contributed by atoms with Gasteiger partial charge in [-0.05, 0) is 43.9 Å². The number of carbonyl (C=O) groups is 1. The number of carbonyl (C=O) groups excluding carboxylic acids is 1. The number of hydrogen-bond acceptors (Lipinski definition) is 4. The number of thiazole rings is 1. The molecule has 1 saturated heterocycles. The van der Waals surface area contributed by atoms with E-state index in [1.807, 2.05) is 0 Å². The molecule has 1 aromatic heterocycles. The SMILES string of the molecule is O=C(Nc1nc(C2CC2)cs1)NC1CCC12CCOCC2. The number of rotatable bonds is 3. The molecule has 1 unspecified atom stereocenters. The van der Waals surface area contributed by atoms with Crippen molar-refractivity contribution in [3.63, 3.8) is 0 Å². The lowest BCUT2D eigenvalue weighted by atomic mass is 9.60. The maximum Gasteiger partial charge on any atom is 0.321 e. The van der Waals surface area contributed by atoms with Gasteiger partial charge in [-0.1, -0.05) is 0 Å². The molecule has 0 aromatic carbocycles. The maximum absolute atomic E-state index is 12.1. The fraction of sp³-hybridized carbons (Fsp3) is 0.733. The van der Waals surface area contributed by atoms with Crippen LogP contribution in [0.3, 0.4) is 0 Å². The monoisotopic (exact) mass is 307 g/mol. The second-order valence-corrected chi connectivity index (χ2v) is 7.37. The van der Waals surface area contributed by atoms with Crippen LogP contribution in [0.4, 0.5) is 9.93 Å². The van der Waals surface area contributed by atoms with Crippen LogP contribution in [0.1, 0.15) is 50.1 Å². The van der Waals surface area contributed by atoms with E-state index in [4.69, 9.17) is 4.74 Å². The molecule has 1 aromatic rings. The van der Waals surface area contributed by atoms with Gasteiger partial charge in [0.05, 0.1) is 5.69 Å². The third-order valence-electron chi connectivity index (χ3n) is 5.20. The van der Waals surface area contributed by atoms with Crippen molar-refractivity contribution in [2.45, 2.75) is 50.5 Å². The minimum atomic E-state index is -0.109. The van der Waals surface area contributed by atoms with Gasteiger partial charge in [0, 0.05) is 30.6 Å². The summed E-state index contributed by atoms with van der Waals surface area (Å²) in [7, 11) is 0. The number of ether oxygens (including phenoxy) is 1. The number of nitrogens with zero attached hydrogens (tertiary/aromatic N) is 1. The summed E-state index contributed by atoms with van der Waals surface area (Å²) in [6, 6.07) is 0.187. The van der Waals surface area contributed by atoms with Crippen LogP contribution in [0.2, 0.25) is 0 Å². The molecule has 3 aliphatic rings. The third-order valence-corrected chi connectivity index (χ3v) is 5.98. The van der Waals surface area contributed by atoms with Crippen LogP contribution in [0.15, 0.2) is 5.38 Å². The molecule has 2 N–H and O–H groups in total. The minimum Gasteiger partial charge on any atom is -0.381 e. The van der Waals surface area contributed by atoms with E-state index in [2.05, 4.69) is 21.0 Å². The average Bonchev–Trinajstić information content (AvgIpc) is 3.25. The molecule has 6 heteroatoms. The molecule has 2 saturated carbocycles. The lowest BCUT2D eigenvalue weighted by Gasteiger charge is -2.51. The smallest absolute Gasteiger partial charge is 0.321 e. The standard InChI is InChI=1S/C15H21N3O2S/c19-13(18-14-16-11(9-21-14)10-1-2-10)17-12-3-4-15(12)5-7-20-8-6-15/h9-10,12H,1-8H2,(H2,16,17,18,19). The first kappa shape index (κ1) is 13.5. The molecule has 1 aliphatic heterocycles. The molecular weight excluding hydrogens is 286 g/mol. The maximum atomic E-state index is 12.1. The number of amides is 2. The van der Waals surface area contributed by atoms with Crippen LogP contribution in [-0.2, 0) is 4.74 Å². The van der Waals surface area contributed by atoms with E-state index in [1.165, 1.54) is 30.6 Å². The summed E-state index contributed by atoms with van der Waals surface area (Å²) in [6.07, 6.45) is 6.91. The third kappa shape index (κ3) is 2.66. The molecule has 0 bridgehead atoms. The Morgan fingerprint density at radius 2 is 2.10 bits per heavy atom. The number of anilines is 1. The molecule has 1 spiro atoms. The molecule has 2 aliphatic carbocycles. The predicted molar refractivity (Wildman–Crippen MR) is 81.8 cm³/mol. The van der Waals surface area contributed by atoms with Crippen molar-refractivity contribution in [2.24, 2.45) is 5.41 Å². The van der Waals surface area contributed by atoms with E-state index in [0.29, 0.717) is 12.0 Å². The Balaban J connectivity index is 1.32.